The maximum atomic E-state index is 11.8. The number of hydrogen-bond donors (Lipinski definition) is 3. The fourth-order valence-electron chi connectivity index (χ4n) is 1.97. The minimum absolute atomic E-state index is 0.326. The summed E-state index contributed by atoms with van der Waals surface area (Å²) in [6, 6.07) is 8.56. The Hall–Kier alpha value is -3.42. The molecule has 3 aromatic rings. The molecule has 0 saturated heterocycles. The van der Waals surface area contributed by atoms with Gasteiger partial charge in [0.05, 0.1) is 17.4 Å². The summed E-state index contributed by atoms with van der Waals surface area (Å²) in [5.74, 6) is -0.543. The molecule has 3 rings (SSSR count). The van der Waals surface area contributed by atoms with E-state index in [0.717, 1.165) is 11.1 Å². The molecule has 3 N–H and O–H groups in total. The number of hydrogen-bond acceptors (Lipinski definition) is 4. The van der Waals surface area contributed by atoms with Gasteiger partial charge in [0.25, 0.3) is 5.91 Å². The Labute approximate surface area is 124 Å². The van der Waals surface area contributed by atoms with E-state index < -0.39 is 12.0 Å². The number of amides is 2. The average Bonchev–Trinajstić information content (AvgIpc) is 2.96. The van der Waals surface area contributed by atoms with Crippen molar-refractivity contribution in [3.05, 3.63) is 54.5 Å². The zero-order valence-corrected chi connectivity index (χ0v) is 11.2. The standard InChI is InChI=1S/C14H11N5O3/c20-13(16-17-14(21)22)9-3-4-12-10(6-9)8-19(18-12)11-2-1-5-15-7-11/h1-8,17H,(H,16,20)(H,21,22). The molecule has 0 fully saturated rings. The van der Waals surface area contributed by atoms with Crippen molar-refractivity contribution < 1.29 is 14.7 Å². The summed E-state index contributed by atoms with van der Waals surface area (Å²) in [6.45, 7) is 0. The number of carbonyl (C=O) groups excluding carboxylic acids is 1. The lowest BCUT2D eigenvalue weighted by molar-refractivity contribution is 0.0926. The van der Waals surface area contributed by atoms with Crippen molar-refractivity contribution in [2.75, 3.05) is 0 Å². The summed E-state index contributed by atoms with van der Waals surface area (Å²) >= 11 is 0. The van der Waals surface area contributed by atoms with Gasteiger partial charge in [-0.05, 0) is 30.3 Å². The molecule has 110 valence electrons. The van der Waals surface area contributed by atoms with Crippen LogP contribution < -0.4 is 10.9 Å². The largest absolute Gasteiger partial charge is 0.464 e. The molecule has 0 aliphatic rings. The van der Waals surface area contributed by atoms with Gasteiger partial charge in [0.15, 0.2) is 0 Å². The van der Waals surface area contributed by atoms with Crippen LogP contribution in [0.2, 0.25) is 0 Å². The Morgan fingerprint density at radius 3 is 2.77 bits per heavy atom. The third-order valence-electron chi connectivity index (χ3n) is 2.96. The molecule has 8 heteroatoms. The van der Waals surface area contributed by atoms with Crippen LogP contribution in [0.1, 0.15) is 10.4 Å². The first-order valence-corrected chi connectivity index (χ1v) is 6.32. The van der Waals surface area contributed by atoms with Gasteiger partial charge in [-0.25, -0.2) is 14.9 Å². The third kappa shape index (κ3) is 2.70. The van der Waals surface area contributed by atoms with Crippen LogP contribution in [0.25, 0.3) is 16.6 Å². The van der Waals surface area contributed by atoms with Crippen LogP contribution in [-0.4, -0.2) is 31.9 Å². The number of carbonyl (C=O) groups is 2. The number of nitrogens with zero attached hydrogens (tertiary/aromatic N) is 3. The average molecular weight is 297 g/mol. The first-order chi connectivity index (χ1) is 10.6. The third-order valence-corrected chi connectivity index (χ3v) is 2.96. The fraction of sp³-hybridized carbons (Fsp3) is 0. The molecule has 0 aliphatic carbocycles. The van der Waals surface area contributed by atoms with E-state index in [2.05, 4.69) is 15.5 Å². The summed E-state index contributed by atoms with van der Waals surface area (Å²) in [6.07, 6.45) is 3.79. The van der Waals surface area contributed by atoms with Crippen molar-refractivity contribution in [2.24, 2.45) is 0 Å². The Kier molecular flexibility index (Phi) is 3.40. The topological polar surface area (TPSA) is 109 Å². The second-order valence-electron chi connectivity index (χ2n) is 4.44. The van der Waals surface area contributed by atoms with Crippen LogP contribution in [0.5, 0.6) is 0 Å². The Bertz CT molecular complexity index is 844. The summed E-state index contributed by atoms with van der Waals surface area (Å²) in [5.41, 5.74) is 5.73. The Morgan fingerprint density at radius 2 is 2.05 bits per heavy atom. The molecule has 22 heavy (non-hydrogen) atoms. The lowest BCUT2D eigenvalue weighted by atomic mass is 10.1. The molecule has 0 radical (unpaired) electrons. The van der Waals surface area contributed by atoms with Gasteiger partial charge in [-0.15, -0.1) is 0 Å². The first-order valence-electron chi connectivity index (χ1n) is 6.32. The highest BCUT2D eigenvalue weighted by atomic mass is 16.4. The van der Waals surface area contributed by atoms with Gasteiger partial charge in [-0.1, -0.05) is 0 Å². The zero-order chi connectivity index (χ0) is 15.5. The normalized spacial score (nSPS) is 10.4. The summed E-state index contributed by atoms with van der Waals surface area (Å²) in [7, 11) is 0. The van der Waals surface area contributed by atoms with Gasteiger partial charge in [-0.3, -0.25) is 15.2 Å². The van der Waals surface area contributed by atoms with E-state index in [9.17, 15) is 9.59 Å². The van der Waals surface area contributed by atoms with E-state index in [4.69, 9.17) is 5.11 Å². The second-order valence-corrected chi connectivity index (χ2v) is 4.44. The number of nitrogens with one attached hydrogen (secondary N) is 2. The lowest BCUT2D eigenvalue weighted by Crippen LogP contribution is -2.40. The lowest BCUT2D eigenvalue weighted by Gasteiger charge is -2.03. The van der Waals surface area contributed by atoms with Crippen molar-refractivity contribution in [1.29, 1.82) is 0 Å². The minimum atomic E-state index is -1.33. The van der Waals surface area contributed by atoms with Gasteiger partial charge < -0.3 is 5.11 Å². The van der Waals surface area contributed by atoms with Gasteiger partial charge in [-0.2, -0.15) is 5.10 Å². The highest BCUT2D eigenvalue weighted by Gasteiger charge is 2.09. The maximum absolute atomic E-state index is 11.8. The Morgan fingerprint density at radius 1 is 1.18 bits per heavy atom. The van der Waals surface area contributed by atoms with Crippen LogP contribution >= 0.6 is 0 Å². The number of carboxylic acid groups (broad SMARTS) is 1. The molecule has 0 bridgehead atoms. The number of aromatic nitrogens is 3. The summed E-state index contributed by atoms with van der Waals surface area (Å²) < 4.78 is 1.66. The van der Waals surface area contributed by atoms with Crippen molar-refractivity contribution in [1.82, 2.24) is 25.6 Å². The molecule has 2 heterocycles. The fourth-order valence-corrected chi connectivity index (χ4v) is 1.97. The molecule has 0 aliphatic heterocycles. The van der Waals surface area contributed by atoms with Crippen LogP contribution in [0.3, 0.4) is 0 Å². The molecule has 2 aromatic heterocycles. The monoisotopic (exact) mass is 297 g/mol. The van der Waals surface area contributed by atoms with Crippen molar-refractivity contribution in [2.45, 2.75) is 0 Å². The molecule has 0 atom stereocenters. The van der Waals surface area contributed by atoms with E-state index in [0.29, 0.717) is 11.1 Å². The van der Waals surface area contributed by atoms with Crippen molar-refractivity contribution in [3.8, 4) is 5.69 Å². The van der Waals surface area contributed by atoms with E-state index in [1.165, 1.54) is 0 Å². The van der Waals surface area contributed by atoms with Crippen molar-refractivity contribution >= 4 is 22.9 Å². The highest BCUT2D eigenvalue weighted by molar-refractivity contribution is 5.98. The van der Waals surface area contributed by atoms with Crippen molar-refractivity contribution in [3.63, 3.8) is 0 Å². The van der Waals surface area contributed by atoms with Gasteiger partial charge in [0.2, 0.25) is 0 Å². The van der Waals surface area contributed by atoms with E-state index >= 15 is 0 Å². The molecule has 1 aromatic carbocycles. The SMILES string of the molecule is O=C(O)NNC(=O)c1ccc2nn(-c3cccnc3)cc2c1. The van der Waals surface area contributed by atoms with E-state index in [1.807, 2.05) is 11.5 Å². The minimum Gasteiger partial charge on any atom is -0.464 e. The maximum Gasteiger partial charge on any atom is 0.423 e. The van der Waals surface area contributed by atoms with Crippen LogP contribution in [-0.2, 0) is 0 Å². The number of fused-ring (bicyclic) bond motifs is 1. The molecule has 8 nitrogen and oxygen atoms in total. The zero-order valence-electron chi connectivity index (χ0n) is 11.2. The number of benzene rings is 1. The quantitative estimate of drug-likeness (QED) is 0.618. The van der Waals surface area contributed by atoms with E-state index in [1.54, 1.807) is 47.5 Å². The number of hydrazine groups is 1. The number of pyridine rings is 1. The number of rotatable bonds is 2. The van der Waals surface area contributed by atoms with Gasteiger partial charge in [0.1, 0.15) is 0 Å². The van der Waals surface area contributed by atoms with E-state index in [-0.39, 0.29) is 0 Å². The highest BCUT2D eigenvalue weighted by Crippen LogP contribution is 2.17. The predicted molar refractivity (Wildman–Crippen MR) is 77.5 cm³/mol. The second kappa shape index (κ2) is 5.52. The Balaban J connectivity index is 1.90. The predicted octanol–water partition coefficient (Wildman–Crippen LogP) is 1.33. The van der Waals surface area contributed by atoms with Crippen LogP contribution in [0, 0.1) is 0 Å². The molecule has 2 amide bonds. The molecule has 0 saturated carbocycles. The van der Waals surface area contributed by atoms with Crippen LogP contribution in [0.15, 0.2) is 48.9 Å². The molecular weight excluding hydrogens is 286 g/mol. The smallest absolute Gasteiger partial charge is 0.423 e. The molecular formula is C14H11N5O3. The summed E-state index contributed by atoms with van der Waals surface area (Å²) in [5, 5.41) is 13.6. The van der Waals surface area contributed by atoms with Crippen LogP contribution in [0.4, 0.5) is 4.79 Å². The molecule has 0 spiro atoms. The first kappa shape index (κ1) is 13.6. The van der Waals surface area contributed by atoms with Gasteiger partial charge in [0, 0.05) is 23.3 Å². The molecule has 0 unspecified atom stereocenters. The summed E-state index contributed by atoms with van der Waals surface area (Å²) in [4.78, 5) is 26.2. The van der Waals surface area contributed by atoms with Gasteiger partial charge >= 0.3 is 6.09 Å².